The molecule has 0 aliphatic heterocycles. The van der Waals surface area contributed by atoms with E-state index in [1.54, 1.807) is 0 Å². The van der Waals surface area contributed by atoms with Gasteiger partial charge in [-0.3, -0.25) is 4.79 Å². The molecule has 0 radical (unpaired) electrons. The van der Waals surface area contributed by atoms with Crippen LogP contribution in [0.15, 0.2) is 60.7 Å². The largest absolute Gasteiger partial charge is 0.354 e. The molecule has 0 aliphatic rings. The zero-order valence-corrected chi connectivity index (χ0v) is 12.3. The fourth-order valence-electron chi connectivity index (χ4n) is 2.28. The van der Waals surface area contributed by atoms with Gasteiger partial charge in [0.05, 0.1) is 6.10 Å². The highest BCUT2D eigenvalue weighted by molar-refractivity contribution is 6.65. The van der Waals surface area contributed by atoms with Gasteiger partial charge in [-0.1, -0.05) is 60.7 Å². The Morgan fingerprint density at radius 3 is 1.65 bits per heavy atom. The maximum Gasteiger partial charge on any atom is 0.262 e. The van der Waals surface area contributed by atoms with Gasteiger partial charge in [-0.25, -0.2) is 0 Å². The van der Waals surface area contributed by atoms with Crippen LogP contribution in [0.5, 0.6) is 0 Å². The molecular weight excluding hydrogens is 272 g/mol. The second-order valence-electron chi connectivity index (χ2n) is 4.85. The standard InChI is InChI=1S/C17H17ClO2/c1-13(2)20-17(16(18)19,14-9-5-3-6-10-14)15-11-7-4-8-12-15/h3-13H,1-2H3. The smallest absolute Gasteiger partial charge is 0.262 e. The zero-order chi connectivity index (χ0) is 14.6. The van der Waals surface area contributed by atoms with Crippen molar-refractivity contribution in [2.75, 3.05) is 0 Å². The molecule has 2 aromatic carbocycles. The van der Waals surface area contributed by atoms with Crippen LogP contribution in [-0.2, 0) is 15.1 Å². The van der Waals surface area contributed by atoms with Crippen molar-refractivity contribution in [1.82, 2.24) is 0 Å². The topological polar surface area (TPSA) is 26.3 Å². The lowest BCUT2D eigenvalue weighted by molar-refractivity contribution is -0.137. The Balaban J connectivity index is 2.66. The average Bonchev–Trinajstić information content (AvgIpc) is 2.46. The molecule has 2 aromatic rings. The maximum absolute atomic E-state index is 12.2. The van der Waals surface area contributed by atoms with Crippen LogP contribution in [0.4, 0.5) is 0 Å². The molecule has 0 aliphatic carbocycles. The molecule has 0 bridgehead atoms. The number of ether oxygens (including phenoxy) is 1. The highest BCUT2D eigenvalue weighted by Gasteiger charge is 2.43. The first kappa shape index (κ1) is 14.8. The number of carbonyl (C=O) groups excluding carboxylic acids is 1. The van der Waals surface area contributed by atoms with E-state index in [0.717, 1.165) is 11.1 Å². The van der Waals surface area contributed by atoms with E-state index in [-0.39, 0.29) is 6.10 Å². The molecule has 3 heteroatoms. The number of benzene rings is 2. The summed E-state index contributed by atoms with van der Waals surface area (Å²) in [4.78, 5) is 12.2. The third-order valence-corrected chi connectivity index (χ3v) is 3.32. The van der Waals surface area contributed by atoms with Crippen LogP contribution >= 0.6 is 11.6 Å². The molecule has 0 amide bonds. The van der Waals surface area contributed by atoms with Crippen molar-refractivity contribution in [2.45, 2.75) is 25.6 Å². The quantitative estimate of drug-likeness (QED) is 0.774. The SMILES string of the molecule is CC(C)OC(C(=O)Cl)(c1ccccc1)c1ccccc1. The van der Waals surface area contributed by atoms with Crippen molar-refractivity contribution in [2.24, 2.45) is 0 Å². The minimum atomic E-state index is -1.27. The predicted octanol–water partition coefficient (Wildman–Crippen LogP) is 4.12. The molecule has 0 unspecified atom stereocenters. The second kappa shape index (κ2) is 6.21. The molecule has 2 rings (SSSR count). The van der Waals surface area contributed by atoms with Gasteiger partial charge in [0, 0.05) is 0 Å². The van der Waals surface area contributed by atoms with Crippen LogP contribution < -0.4 is 0 Å². The van der Waals surface area contributed by atoms with Crippen molar-refractivity contribution >= 4 is 16.8 Å². The van der Waals surface area contributed by atoms with Crippen LogP contribution in [-0.4, -0.2) is 11.3 Å². The molecule has 20 heavy (non-hydrogen) atoms. The van der Waals surface area contributed by atoms with Gasteiger partial charge in [-0.15, -0.1) is 0 Å². The van der Waals surface area contributed by atoms with Gasteiger partial charge in [0.25, 0.3) is 5.24 Å². The minimum absolute atomic E-state index is 0.141. The predicted molar refractivity (Wildman–Crippen MR) is 80.7 cm³/mol. The zero-order valence-electron chi connectivity index (χ0n) is 11.5. The summed E-state index contributed by atoms with van der Waals surface area (Å²) in [5.41, 5.74) is 0.206. The van der Waals surface area contributed by atoms with E-state index in [0.29, 0.717) is 0 Å². The van der Waals surface area contributed by atoms with E-state index >= 15 is 0 Å². The van der Waals surface area contributed by atoms with Gasteiger partial charge >= 0.3 is 0 Å². The number of halogens is 1. The third kappa shape index (κ3) is 2.77. The van der Waals surface area contributed by atoms with Crippen molar-refractivity contribution in [1.29, 1.82) is 0 Å². The summed E-state index contributed by atoms with van der Waals surface area (Å²) in [5, 5.41) is -0.538. The first-order valence-electron chi connectivity index (χ1n) is 6.56. The first-order chi connectivity index (χ1) is 9.57. The third-order valence-electron chi connectivity index (χ3n) is 3.05. The van der Waals surface area contributed by atoms with Crippen LogP contribution in [0.1, 0.15) is 25.0 Å². The van der Waals surface area contributed by atoms with Gasteiger partial charge in [0.2, 0.25) is 0 Å². The second-order valence-corrected chi connectivity index (χ2v) is 5.20. The highest BCUT2D eigenvalue weighted by atomic mass is 35.5. The molecule has 0 spiro atoms. The Labute approximate surface area is 124 Å². The summed E-state index contributed by atoms with van der Waals surface area (Å²) in [6.07, 6.45) is -0.141. The van der Waals surface area contributed by atoms with Crippen LogP contribution in [0.25, 0.3) is 0 Å². The number of rotatable bonds is 5. The van der Waals surface area contributed by atoms with E-state index in [2.05, 4.69) is 0 Å². The number of hydrogen-bond acceptors (Lipinski definition) is 2. The van der Waals surface area contributed by atoms with Crippen molar-refractivity contribution in [3.05, 3.63) is 71.8 Å². The van der Waals surface area contributed by atoms with E-state index < -0.39 is 10.8 Å². The summed E-state index contributed by atoms with van der Waals surface area (Å²) in [6.45, 7) is 3.78. The summed E-state index contributed by atoms with van der Waals surface area (Å²) in [6, 6.07) is 18.7. The molecule has 0 heterocycles. The van der Waals surface area contributed by atoms with Crippen molar-refractivity contribution in [3.63, 3.8) is 0 Å². The molecule has 0 aromatic heterocycles. The fraction of sp³-hybridized carbons (Fsp3) is 0.235. The number of hydrogen-bond donors (Lipinski definition) is 0. The molecular formula is C17H17ClO2. The molecule has 2 nitrogen and oxygen atoms in total. The van der Waals surface area contributed by atoms with E-state index in [4.69, 9.17) is 16.3 Å². The minimum Gasteiger partial charge on any atom is -0.354 e. The summed E-state index contributed by atoms with van der Waals surface area (Å²) >= 11 is 5.95. The summed E-state index contributed by atoms with van der Waals surface area (Å²) in [5.74, 6) is 0. The fourth-order valence-corrected chi connectivity index (χ4v) is 2.54. The highest BCUT2D eigenvalue weighted by Crippen LogP contribution is 2.37. The van der Waals surface area contributed by atoms with Gasteiger partial charge < -0.3 is 4.74 Å². The van der Waals surface area contributed by atoms with Crippen LogP contribution in [0, 0.1) is 0 Å². The van der Waals surface area contributed by atoms with Gasteiger partial charge in [-0.05, 0) is 36.6 Å². The monoisotopic (exact) mass is 288 g/mol. The van der Waals surface area contributed by atoms with Gasteiger partial charge in [-0.2, -0.15) is 0 Å². The van der Waals surface area contributed by atoms with Gasteiger partial charge in [0.1, 0.15) is 0 Å². The van der Waals surface area contributed by atoms with Crippen molar-refractivity contribution in [3.8, 4) is 0 Å². The van der Waals surface area contributed by atoms with Crippen LogP contribution in [0.3, 0.4) is 0 Å². The van der Waals surface area contributed by atoms with Crippen molar-refractivity contribution < 1.29 is 9.53 Å². The molecule has 104 valence electrons. The number of carbonyl (C=O) groups is 1. The summed E-state index contributed by atoms with van der Waals surface area (Å²) < 4.78 is 5.99. The molecule has 0 fully saturated rings. The molecule has 0 N–H and O–H groups in total. The van der Waals surface area contributed by atoms with E-state index in [1.165, 1.54) is 0 Å². The Hall–Kier alpha value is -1.64. The Bertz CT molecular complexity index is 525. The lowest BCUT2D eigenvalue weighted by Crippen LogP contribution is -2.39. The Kier molecular flexibility index (Phi) is 4.58. The molecule has 0 saturated carbocycles. The van der Waals surface area contributed by atoms with E-state index in [1.807, 2.05) is 74.5 Å². The summed E-state index contributed by atoms with van der Waals surface area (Å²) in [7, 11) is 0. The Morgan fingerprint density at radius 2 is 1.35 bits per heavy atom. The van der Waals surface area contributed by atoms with Gasteiger partial charge in [0.15, 0.2) is 5.60 Å². The molecule has 0 saturated heterocycles. The normalized spacial score (nSPS) is 11.6. The molecule has 0 atom stereocenters. The maximum atomic E-state index is 12.2. The first-order valence-corrected chi connectivity index (χ1v) is 6.94. The lowest BCUT2D eigenvalue weighted by Gasteiger charge is -2.33. The lowest BCUT2D eigenvalue weighted by atomic mass is 9.87. The Morgan fingerprint density at radius 1 is 0.950 bits per heavy atom. The average molecular weight is 289 g/mol. The van der Waals surface area contributed by atoms with E-state index in [9.17, 15) is 4.79 Å². The van der Waals surface area contributed by atoms with Crippen LogP contribution in [0.2, 0.25) is 0 Å².